The quantitative estimate of drug-likeness (QED) is 0.396. The zero-order valence-electron chi connectivity index (χ0n) is 7.60. The number of hydrogen-bond donors (Lipinski definition) is 0. The largest absolute Gasteiger partial charge is 0.295 e. The lowest BCUT2D eigenvalue weighted by Crippen LogP contribution is -1.94. The minimum Gasteiger partial charge on any atom is -0.295 e. The number of halogens is 2. The Balaban J connectivity index is 3.14. The highest BCUT2D eigenvalue weighted by Gasteiger charge is 2.03. The second kappa shape index (κ2) is 4.78. The van der Waals surface area contributed by atoms with Crippen molar-refractivity contribution in [2.75, 3.05) is 5.88 Å². The topological polar surface area (TPSA) is 17.1 Å². The number of rotatable bonds is 1. The van der Waals surface area contributed by atoms with E-state index in [1.54, 1.807) is 0 Å². The van der Waals surface area contributed by atoms with Crippen molar-refractivity contribution in [1.82, 2.24) is 0 Å². The van der Waals surface area contributed by atoms with Gasteiger partial charge >= 0.3 is 0 Å². The molecule has 0 amide bonds. The van der Waals surface area contributed by atoms with Crippen LogP contribution in [-0.4, -0.2) is 11.7 Å². The molecular weight excluding hydrogens is 203 g/mol. The maximum absolute atomic E-state index is 13.1. The van der Waals surface area contributed by atoms with Gasteiger partial charge in [-0.15, -0.1) is 11.6 Å². The Kier molecular flexibility index (Phi) is 3.67. The predicted molar refractivity (Wildman–Crippen MR) is 54.0 cm³/mol. The van der Waals surface area contributed by atoms with E-state index in [-0.39, 0.29) is 17.2 Å². The standard InChI is InChI=1S/C11H8ClFO/c1-8(14)9-4-5-11(13)10(7-9)3-2-6-12/h4-5,7H,6H2,1H3. The van der Waals surface area contributed by atoms with Crippen LogP contribution in [0.4, 0.5) is 4.39 Å². The van der Waals surface area contributed by atoms with Gasteiger partial charge in [0, 0.05) is 5.56 Å². The van der Waals surface area contributed by atoms with Gasteiger partial charge in [-0.1, -0.05) is 11.8 Å². The molecule has 0 saturated heterocycles. The van der Waals surface area contributed by atoms with Crippen LogP contribution in [0.25, 0.3) is 0 Å². The van der Waals surface area contributed by atoms with Crippen LogP contribution < -0.4 is 0 Å². The fraction of sp³-hybridized carbons (Fsp3) is 0.182. The molecule has 72 valence electrons. The van der Waals surface area contributed by atoms with Gasteiger partial charge in [0.05, 0.1) is 11.4 Å². The van der Waals surface area contributed by atoms with Crippen LogP contribution in [-0.2, 0) is 0 Å². The monoisotopic (exact) mass is 210 g/mol. The second-order valence-corrected chi connectivity index (χ2v) is 2.95. The van der Waals surface area contributed by atoms with E-state index >= 15 is 0 Å². The average Bonchev–Trinajstić information content (AvgIpc) is 2.16. The molecule has 14 heavy (non-hydrogen) atoms. The number of benzene rings is 1. The summed E-state index contributed by atoms with van der Waals surface area (Å²) in [7, 11) is 0. The van der Waals surface area contributed by atoms with E-state index in [0.29, 0.717) is 5.56 Å². The van der Waals surface area contributed by atoms with E-state index in [1.807, 2.05) is 0 Å². The Morgan fingerprint density at radius 3 is 2.86 bits per heavy atom. The van der Waals surface area contributed by atoms with Gasteiger partial charge in [0.2, 0.25) is 0 Å². The highest BCUT2D eigenvalue weighted by molar-refractivity contribution is 6.19. The third kappa shape index (κ3) is 2.58. The zero-order valence-corrected chi connectivity index (χ0v) is 8.36. The normalized spacial score (nSPS) is 9.07. The Hall–Kier alpha value is -1.33. The second-order valence-electron chi connectivity index (χ2n) is 2.69. The highest BCUT2D eigenvalue weighted by atomic mass is 35.5. The summed E-state index contributed by atoms with van der Waals surface area (Å²) in [5, 5.41) is 0. The molecule has 1 nitrogen and oxygen atoms in total. The van der Waals surface area contributed by atoms with Gasteiger partial charge in [-0.25, -0.2) is 4.39 Å². The Morgan fingerprint density at radius 2 is 2.29 bits per heavy atom. The molecule has 1 rings (SSSR count). The fourth-order valence-corrected chi connectivity index (χ4v) is 1.04. The van der Waals surface area contributed by atoms with Crippen molar-refractivity contribution in [3.05, 3.63) is 35.1 Å². The molecule has 0 heterocycles. The summed E-state index contributed by atoms with van der Waals surface area (Å²) in [6.45, 7) is 1.42. The van der Waals surface area contributed by atoms with E-state index in [9.17, 15) is 9.18 Å². The minimum atomic E-state index is -0.437. The van der Waals surface area contributed by atoms with E-state index < -0.39 is 5.82 Å². The molecule has 1 aromatic rings. The molecule has 1 aromatic carbocycles. The lowest BCUT2D eigenvalue weighted by Gasteiger charge is -1.97. The first kappa shape index (κ1) is 10.7. The van der Waals surface area contributed by atoms with Crippen LogP contribution in [0, 0.1) is 17.7 Å². The summed E-state index contributed by atoms with van der Waals surface area (Å²) in [5.74, 6) is 4.68. The Labute approximate surface area is 86.9 Å². The van der Waals surface area contributed by atoms with Crippen LogP contribution in [0.2, 0.25) is 0 Å². The van der Waals surface area contributed by atoms with E-state index in [2.05, 4.69) is 11.8 Å². The number of ketones is 1. The zero-order chi connectivity index (χ0) is 10.6. The van der Waals surface area contributed by atoms with Gasteiger partial charge in [0.25, 0.3) is 0 Å². The van der Waals surface area contributed by atoms with Gasteiger partial charge in [-0.3, -0.25) is 4.79 Å². The van der Waals surface area contributed by atoms with Crippen LogP contribution in [0.5, 0.6) is 0 Å². The highest BCUT2D eigenvalue weighted by Crippen LogP contribution is 2.09. The maximum Gasteiger partial charge on any atom is 0.159 e. The first-order chi connectivity index (χ1) is 6.65. The lowest BCUT2D eigenvalue weighted by molar-refractivity contribution is 0.101. The first-order valence-corrected chi connectivity index (χ1v) is 4.54. The molecule has 0 N–H and O–H groups in total. The third-order valence-electron chi connectivity index (χ3n) is 1.66. The summed E-state index contributed by atoms with van der Waals surface area (Å²) in [4.78, 5) is 11.0. The van der Waals surface area contributed by atoms with Gasteiger partial charge < -0.3 is 0 Å². The number of Topliss-reactive ketones (excluding diaryl/α,β-unsaturated/α-hetero) is 1. The molecule has 0 aromatic heterocycles. The molecule has 0 aliphatic heterocycles. The molecule has 3 heteroatoms. The summed E-state index contributed by atoms with van der Waals surface area (Å²) in [5.41, 5.74) is 0.656. The molecule has 0 saturated carbocycles. The fourth-order valence-electron chi connectivity index (χ4n) is 0.969. The van der Waals surface area contributed by atoms with Crippen LogP contribution in [0.3, 0.4) is 0 Å². The SMILES string of the molecule is CC(=O)c1ccc(F)c(C#CCCl)c1. The van der Waals surface area contributed by atoms with E-state index in [1.165, 1.54) is 25.1 Å². The van der Waals surface area contributed by atoms with Crippen LogP contribution in [0.15, 0.2) is 18.2 Å². The lowest BCUT2D eigenvalue weighted by atomic mass is 10.1. The number of alkyl halides is 1. The van der Waals surface area contributed by atoms with Crippen molar-refractivity contribution in [1.29, 1.82) is 0 Å². The smallest absolute Gasteiger partial charge is 0.159 e. The van der Waals surface area contributed by atoms with Gasteiger partial charge in [0.15, 0.2) is 5.78 Å². The van der Waals surface area contributed by atoms with E-state index in [0.717, 1.165) is 0 Å². The summed E-state index contributed by atoms with van der Waals surface area (Å²) >= 11 is 5.34. The molecule has 0 fully saturated rings. The van der Waals surface area contributed by atoms with E-state index in [4.69, 9.17) is 11.6 Å². The number of hydrogen-bond acceptors (Lipinski definition) is 1. The average molecular weight is 211 g/mol. The molecule has 0 spiro atoms. The summed E-state index contributed by atoms with van der Waals surface area (Å²) in [6.07, 6.45) is 0. The van der Waals surface area contributed by atoms with Gasteiger partial charge in [-0.2, -0.15) is 0 Å². The molecule has 0 aliphatic rings. The van der Waals surface area contributed by atoms with Crippen molar-refractivity contribution in [3.63, 3.8) is 0 Å². The first-order valence-electron chi connectivity index (χ1n) is 4.00. The van der Waals surface area contributed by atoms with Crippen molar-refractivity contribution in [2.45, 2.75) is 6.92 Å². The molecule has 0 bridgehead atoms. The summed E-state index contributed by atoms with van der Waals surface area (Å²) in [6, 6.07) is 4.09. The predicted octanol–water partition coefficient (Wildman–Crippen LogP) is 2.62. The Morgan fingerprint density at radius 1 is 1.57 bits per heavy atom. The third-order valence-corrected chi connectivity index (χ3v) is 1.80. The molecular formula is C11H8ClFO. The van der Waals surface area contributed by atoms with Gasteiger partial charge in [0.1, 0.15) is 5.82 Å². The molecule has 0 aliphatic carbocycles. The minimum absolute atomic E-state index is 0.112. The van der Waals surface area contributed by atoms with Crippen LogP contribution >= 0.6 is 11.6 Å². The summed E-state index contributed by atoms with van der Waals surface area (Å²) < 4.78 is 13.1. The number of carbonyl (C=O) groups excluding carboxylic acids is 1. The maximum atomic E-state index is 13.1. The Bertz CT molecular complexity index is 415. The van der Waals surface area contributed by atoms with Crippen molar-refractivity contribution in [2.24, 2.45) is 0 Å². The molecule has 0 radical (unpaired) electrons. The number of carbonyl (C=O) groups is 1. The van der Waals surface area contributed by atoms with Crippen molar-refractivity contribution >= 4 is 17.4 Å². The van der Waals surface area contributed by atoms with Crippen molar-refractivity contribution in [3.8, 4) is 11.8 Å². The molecule has 0 unspecified atom stereocenters. The van der Waals surface area contributed by atoms with Crippen LogP contribution in [0.1, 0.15) is 22.8 Å². The van der Waals surface area contributed by atoms with Crippen molar-refractivity contribution < 1.29 is 9.18 Å². The molecule has 0 atom stereocenters. The van der Waals surface area contributed by atoms with Gasteiger partial charge in [-0.05, 0) is 25.1 Å².